The van der Waals surface area contributed by atoms with Crippen LogP contribution in [0.3, 0.4) is 0 Å². The fraction of sp³-hybridized carbons (Fsp3) is 0.302. The summed E-state index contributed by atoms with van der Waals surface area (Å²) in [5, 5.41) is 5.46. The van der Waals surface area contributed by atoms with Gasteiger partial charge in [0, 0.05) is 0 Å². The molecule has 0 aromatic heterocycles. The zero-order valence-corrected chi connectivity index (χ0v) is 34.0. The van der Waals surface area contributed by atoms with Crippen molar-refractivity contribution < 1.29 is 75.4 Å². The van der Waals surface area contributed by atoms with Crippen molar-refractivity contribution in [1.29, 1.82) is 0 Å². The minimum absolute atomic E-state index is 0. The van der Waals surface area contributed by atoms with Crippen LogP contribution in [0, 0.1) is 31.3 Å². The number of halogens is 8. The number of rotatable bonds is 5. The minimum atomic E-state index is -4.49. The molecule has 1 atom stereocenters. The fourth-order valence-corrected chi connectivity index (χ4v) is 6.46. The molecule has 1 unspecified atom stereocenters. The van der Waals surface area contributed by atoms with E-state index in [4.69, 9.17) is 0 Å². The average Bonchev–Trinajstić information content (AvgIpc) is 3.68. The van der Waals surface area contributed by atoms with Crippen LogP contribution in [-0.2, 0) is 36.6 Å². The van der Waals surface area contributed by atoms with Gasteiger partial charge >= 0.3 is 137 Å². The molecule has 0 fully saturated rings. The van der Waals surface area contributed by atoms with Crippen molar-refractivity contribution in [3.63, 3.8) is 0 Å². The van der Waals surface area contributed by atoms with Gasteiger partial charge in [0.05, 0.1) is 0 Å². The van der Waals surface area contributed by atoms with E-state index in [1.165, 1.54) is 81.8 Å². The van der Waals surface area contributed by atoms with Gasteiger partial charge in [0.2, 0.25) is 0 Å². The maximum absolute atomic E-state index is 12.7. The summed E-state index contributed by atoms with van der Waals surface area (Å²) in [6.07, 6.45) is 2.90. The van der Waals surface area contributed by atoms with E-state index >= 15 is 0 Å². The molecule has 0 aliphatic heterocycles. The van der Waals surface area contributed by atoms with Crippen molar-refractivity contribution in [2.45, 2.75) is 73.2 Å². The van der Waals surface area contributed by atoms with Crippen LogP contribution in [0.15, 0.2) is 109 Å². The van der Waals surface area contributed by atoms with Crippen LogP contribution < -0.4 is 24.8 Å². The van der Waals surface area contributed by atoms with E-state index in [0.717, 1.165) is 48.5 Å². The molecule has 0 saturated heterocycles. The average molecular weight is 835 g/mol. The van der Waals surface area contributed by atoms with Crippen molar-refractivity contribution in [2.75, 3.05) is 0 Å². The summed E-state index contributed by atoms with van der Waals surface area (Å²) in [5.74, 6) is 0.592. The number of unbranched alkanes of at least 4 members (excludes halogenated alkanes) is 1. The summed E-state index contributed by atoms with van der Waals surface area (Å²) < 4.78 is 76.7. The molecule has 0 spiro atoms. The molecule has 0 amide bonds. The molecule has 0 nitrogen and oxygen atoms in total. The first-order valence-electron chi connectivity index (χ1n) is 16.7. The van der Waals surface area contributed by atoms with E-state index in [0.29, 0.717) is 14.5 Å². The minimum Gasteiger partial charge on any atom is -1.00 e. The maximum atomic E-state index is 12.7. The van der Waals surface area contributed by atoms with Crippen LogP contribution >= 0.6 is 0 Å². The maximum Gasteiger partial charge on any atom is -1.00 e. The monoisotopic (exact) mass is 832 g/mol. The Balaban J connectivity index is 0.000000276. The quantitative estimate of drug-likeness (QED) is 0.129. The number of alkyl halides is 6. The van der Waals surface area contributed by atoms with E-state index in [2.05, 4.69) is 102 Å². The van der Waals surface area contributed by atoms with Crippen molar-refractivity contribution in [3.05, 3.63) is 148 Å². The van der Waals surface area contributed by atoms with Crippen molar-refractivity contribution in [3.8, 4) is 0 Å². The normalized spacial score (nSPS) is 14.0. The SMILES string of the molecule is CCCCC1[C-]=CC(C(C)(C)C)=C1.Cc1ccc2c(c1)[cH-]c1cc(C)ccc12.FC(F)(F)c1cccc([C](=[Zr+2])c2cccc(C(F)(F)F)c2)c1.[Cl-].[Cl-]. The zero-order chi connectivity index (χ0) is 36.9. The second-order valence-electron chi connectivity index (χ2n) is 13.8. The van der Waals surface area contributed by atoms with Crippen LogP contribution in [0.25, 0.3) is 21.5 Å². The van der Waals surface area contributed by atoms with Crippen molar-refractivity contribution >= 4 is 24.8 Å². The Morgan fingerprint density at radius 2 is 1.17 bits per heavy atom. The largest absolute Gasteiger partial charge is 1.00 e. The Kier molecular flexibility index (Phi) is 16.5. The van der Waals surface area contributed by atoms with Crippen LogP contribution in [0.1, 0.15) is 80.3 Å². The second-order valence-corrected chi connectivity index (χ2v) is 15.0. The number of hydrogen-bond acceptors (Lipinski definition) is 0. The molecule has 6 rings (SSSR count). The topological polar surface area (TPSA) is 0 Å². The van der Waals surface area contributed by atoms with Gasteiger partial charge in [-0.3, -0.25) is 6.08 Å². The molecule has 0 saturated carbocycles. The molecule has 276 valence electrons. The van der Waals surface area contributed by atoms with Gasteiger partial charge in [-0.15, -0.1) is 39.7 Å². The summed E-state index contributed by atoms with van der Waals surface area (Å²) in [6.45, 7) is 13.3. The Bertz CT molecular complexity index is 1890. The molecule has 5 aromatic rings. The number of fused-ring (bicyclic) bond motifs is 3. The molecule has 0 bridgehead atoms. The van der Waals surface area contributed by atoms with Gasteiger partial charge < -0.3 is 24.8 Å². The van der Waals surface area contributed by atoms with Crippen LogP contribution in [0.4, 0.5) is 26.3 Å². The second kappa shape index (κ2) is 18.9. The molecular weight excluding hydrogens is 793 g/mol. The molecule has 1 aliphatic carbocycles. The molecule has 5 aromatic carbocycles. The Labute approximate surface area is 330 Å². The van der Waals surface area contributed by atoms with Crippen molar-refractivity contribution in [1.82, 2.24) is 0 Å². The van der Waals surface area contributed by atoms with Gasteiger partial charge in [0.1, 0.15) is 0 Å². The van der Waals surface area contributed by atoms with Crippen LogP contribution in [0.5, 0.6) is 0 Å². The summed E-state index contributed by atoms with van der Waals surface area (Å²) in [5.41, 5.74) is 3.31. The van der Waals surface area contributed by atoms with Gasteiger partial charge in [-0.25, -0.2) is 6.08 Å². The first-order valence-corrected chi connectivity index (χ1v) is 17.9. The van der Waals surface area contributed by atoms with Crippen LogP contribution in [0.2, 0.25) is 0 Å². The molecule has 0 heterocycles. The van der Waals surface area contributed by atoms with E-state index in [-0.39, 0.29) is 35.9 Å². The number of allylic oxidation sites excluding steroid dienone is 4. The third kappa shape index (κ3) is 12.4. The summed E-state index contributed by atoms with van der Waals surface area (Å²) in [6, 6.07) is 24.8. The number of benzene rings is 4. The number of hydrogen-bond donors (Lipinski definition) is 0. The Hall–Kier alpha value is -2.86. The zero-order valence-electron chi connectivity index (χ0n) is 30.0. The third-order valence-corrected chi connectivity index (χ3v) is 9.96. The van der Waals surface area contributed by atoms with Gasteiger partial charge in [0.15, 0.2) is 0 Å². The smallest absolute Gasteiger partial charge is 1.00 e. The molecular formula is C43H42Cl2F6Zr-2. The summed E-state index contributed by atoms with van der Waals surface area (Å²) in [4.78, 5) is 0. The predicted molar refractivity (Wildman–Crippen MR) is 191 cm³/mol. The molecule has 9 heteroatoms. The first-order chi connectivity index (χ1) is 23.4. The van der Waals surface area contributed by atoms with E-state index in [1.54, 1.807) is 0 Å². The number of aryl methyl sites for hydroxylation is 2. The van der Waals surface area contributed by atoms with Gasteiger partial charge in [0.25, 0.3) is 0 Å². The molecule has 52 heavy (non-hydrogen) atoms. The molecule has 0 N–H and O–H groups in total. The Morgan fingerprint density at radius 3 is 1.56 bits per heavy atom. The van der Waals surface area contributed by atoms with Crippen LogP contribution in [-0.4, -0.2) is 3.21 Å². The van der Waals surface area contributed by atoms with Gasteiger partial charge in [-0.1, -0.05) is 93.7 Å². The van der Waals surface area contributed by atoms with E-state index in [9.17, 15) is 26.3 Å². The first kappa shape index (κ1) is 45.3. The molecule has 0 radical (unpaired) electrons. The third-order valence-electron chi connectivity index (χ3n) is 8.54. The van der Waals surface area contributed by atoms with E-state index < -0.39 is 23.5 Å². The van der Waals surface area contributed by atoms with E-state index in [1.807, 2.05) is 0 Å². The van der Waals surface area contributed by atoms with Gasteiger partial charge in [-0.2, -0.15) is 11.6 Å². The summed E-state index contributed by atoms with van der Waals surface area (Å²) in [7, 11) is 0. The Morgan fingerprint density at radius 1 is 0.712 bits per heavy atom. The summed E-state index contributed by atoms with van der Waals surface area (Å²) >= 11 is 0.729. The fourth-order valence-electron chi connectivity index (χ4n) is 5.70. The van der Waals surface area contributed by atoms with Gasteiger partial charge in [-0.05, 0) is 13.8 Å². The predicted octanol–water partition coefficient (Wildman–Crippen LogP) is 7.31. The van der Waals surface area contributed by atoms with Crippen molar-refractivity contribution in [2.24, 2.45) is 11.3 Å². The standard InChI is InChI=1S/C15H8F6.C15H13.C13H21.2ClH.Zr/c16-14(17,18)12-5-1-3-10(8-12)7-11-4-2-6-13(9-11)15(19,20)21;1-10-3-5-14-12(7-10)9-13-8-11(2)4-6-15(13)14;1-5-6-7-11-8-9-12(10-11)13(2,3)4;;;/h1-6,8-9H;3-9H,1-2H3;9-11H,5-7H2,1-4H3;2*1H;/q;2*-1;;;+2/p-2. The molecule has 1 aliphatic rings.